The van der Waals surface area contributed by atoms with Gasteiger partial charge in [-0.15, -0.1) is 11.3 Å². The molecule has 2 N–H and O–H groups in total. The first-order valence-corrected chi connectivity index (χ1v) is 7.11. The van der Waals surface area contributed by atoms with Crippen molar-refractivity contribution in [1.29, 1.82) is 0 Å². The lowest BCUT2D eigenvalue weighted by molar-refractivity contribution is 0.901. The molecule has 0 saturated heterocycles. The molecule has 80 valence electrons. The van der Waals surface area contributed by atoms with Gasteiger partial charge in [0.25, 0.3) is 0 Å². The molecule has 0 aliphatic heterocycles. The fraction of sp³-hybridized carbons (Fsp3) is 0.700. The minimum atomic E-state index is 0.797. The maximum absolute atomic E-state index is 5.42. The van der Waals surface area contributed by atoms with Crippen LogP contribution in [0, 0.1) is 0 Å². The Bertz CT molecular complexity index is 248. The minimum absolute atomic E-state index is 0.797. The molecule has 0 aliphatic rings. The van der Waals surface area contributed by atoms with Crippen LogP contribution >= 0.6 is 23.1 Å². The highest BCUT2D eigenvalue weighted by Gasteiger charge is 2.00. The topological polar surface area (TPSA) is 38.9 Å². The van der Waals surface area contributed by atoms with Crippen molar-refractivity contribution in [2.75, 3.05) is 12.3 Å². The van der Waals surface area contributed by atoms with Crippen molar-refractivity contribution >= 4 is 23.1 Å². The second-order valence-corrected chi connectivity index (χ2v) is 5.23. The van der Waals surface area contributed by atoms with E-state index in [-0.39, 0.29) is 0 Å². The minimum Gasteiger partial charge on any atom is -0.330 e. The van der Waals surface area contributed by atoms with Gasteiger partial charge in [0, 0.05) is 11.1 Å². The van der Waals surface area contributed by atoms with Crippen LogP contribution in [-0.4, -0.2) is 17.3 Å². The molecule has 0 radical (unpaired) electrons. The lowest BCUT2D eigenvalue weighted by Crippen LogP contribution is -1.99. The number of aromatic nitrogens is 1. The van der Waals surface area contributed by atoms with Crippen LogP contribution in [0.1, 0.15) is 30.5 Å². The standard InChI is InChI=1S/C10H18N2S2/c1-2-4-10-12-9(8-14-10)7-13-6-3-5-11/h8H,2-7,11H2,1H3. The number of aryl methyl sites for hydroxylation is 1. The summed E-state index contributed by atoms with van der Waals surface area (Å²) < 4.78 is 0. The van der Waals surface area contributed by atoms with Gasteiger partial charge in [-0.3, -0.25) is 0 Å². The lowest BCUT2D eigenvalue weighted by atomic mass is 10.3. The number of nitrogens with two attached hydrogens (primary N) is 1. The molecule has 0 saturated carbocycles. The van der Waals surface area contributed by atoms with Gasteiger partial charge in [0.1, 0.15) is 0 Å². The van der Waals surface area contributed by atoms with Crippen LogP contribution in [-0.2, 0) is 12.2 Å². The van der Waals surface area contributed by atoms with Crippen molar-refractivity contribution in [2.45, 2.75) is 31.9 Å². The molecule has 0 unspecified atom stereocenters. The van der Waals surface area contributed by atoms with Crippen molar-refractivity contribution < 1.29 is 0 Å². The molecule has 0 amide bonds. The fourth-order valence-electron chi connectivity index (χ4n) is 1.11. The van der Waals surface area contributed by atoms with Crippen molar-refractivity contribution in [1.82, 2.24) is 4.98 Å². The summed E-state index contributed by atoms with van der Waals surface area (Å²) in [6, 6.07) is 0. The Hall–Kier alpha value is -0.0600. The summed E-state index contributed by atoms with van der Waals surface area (Å²) in [7, 11) is 0. The predicted octanol–water partition coefficient (Wildman–Crippen LogP) is 2.68. The van der Waals surface area contributed by atoms with E-state index in [4.69, 9.17) is 5.73 Å². The number of rotatable bonds is 7. The third-order valence-electron chi connectivity index (χ3n) is 1.81. The highest BCUT2D eigenvalue weighted by atomic mass is 32.2. The summed E-state index contributed by atoms with van der Waals surface area (Å²) in [5.41, 5.74) is 6.66. The van der Waals surface area contributed by atoms with Gasteiger partial charge >= 0.3 is 0 Å². The van der Waals surface area contributed by atoms with Crippen molar-refractivity contribution in [3.05, 3.63) is 16.1 Å². The van der Waals surface area contributed by atoms with Crippen LogP contribution in [0.25, 0.3) is 0 Å². The van der Waals surface area contributed by atoms with Gasteiger partial charge in [0.2, 0.25) is 0 Å². The molecule has 0 bridgehead atoms. The normalized spacial score (nSPS) is 10.7. The number of thiazole rings is 1. The number of thioether (sulfide) groups is 1. The Labute approximate surface area is 94.3 Å². The maximum Gasteiger partial charge on any atom is 0.0928 e. The summed E-state index contributed by atoms with van der Waals surface area (Å²) in [6.07, 6.45) is 3.42. The molecule has 0 aliphatic carbocycles. The number of hydrogen-bond acceptors (Lipinski definition) is 4. The molecule has 1 aromatic rings. The first kappa shape index (κ1) is 12.0. The Kier molecular flexibility index (Phi) is 6.23. The molecule has 0 aromatic carbocycles. The zero-order valence-corrected chi connectivity index (χ0v) is 10.3. The second kappa shape index (κ2) is 7.26. The monoisotopic (exact) mass is 230 g/mol. The van der Waals surface area contributed by atoms with Gasteiger partial charge < -0.3 is 5.73 Å². The fourth-order valence-corrected chi connectivity index (χ4v) is 2.98. The quantitative estimate of drug-likeness (QED) is 0.732. The van der Waals surface area contributed by atoms with E-state index in [1.54, 1.807) is 11.3 Å². The van der Waals surface area contributed by atoms with Gasteiger partial charge in [-0.2, -0.15) is 11.8 Å². The van der Waals surface area contributed by atoms with Gasteiger partial charge in [-0.25, -0.2) is 4.98 Å². The second-order valence-electron chi connectivity index (χ2n) is 3.18. The van der Waals surface area contributed by atoms with Crippen molar-refractivity contribution in [3.8, 4) is 0 Å². The first-order valence-electron chi connectivity index (χ1n) is 5.08. The molecule has 0 atom stereocenters. The SMILES string of the molecule is CCCc1nc(CSCCCN)cs1. The highest BCUT2D eigenvalue weighted by Crippen LogP contribution is 2.17. The molecule has 4 heteroatoms. The van der Waals surface area contributed by atoms with Crippen LogP contribution < -0.4 is 5.73 Å². The highest BCUT2D eigenvalue weighted by molar-refractivity contribution is 7.98. The molecule has 1 heterocycles. The summed E-state index contributed by atoms with van der Waals surface area (Å²) in [6.45, 7) is 2.99. The van der Waals surface area contributed by atoms with E-state index in [2.05, 4.69) is 17.3 Å². The first-order chi connectivity index (χ1) is 6.86. The van der Waals surface area contributed by atoms with Crippen LogP contribution in [0.15, 0.2) is 5.38 Å². The molecule has 14 heavy (non-hydrogen) atoms. The summed E-state index contributed by atoms with van der Waals surface area (Å²) in [5.74, 6) is 2.19. The van der Waals surface area contributed by atoms with E-state index in [0.717, 1.165) is 30.9 Å². The summed E-state index contributed by atoms with van der Waals surface area (Å²) in [4.78, 5) is 4.56. The Morgan fingerprint density at radius 1 is 1.57 bits per heavy atom. The summed E-state index contributed by atoms with van der Waals surface area (Å²) in [5, 5.41) is 3.46. The molecular formula is C10H18N2S2. The van der Waals surface area contributed by atoms with Crippen molar-refractivity contribution in [2.24, 2.45) is 5.73 Å². The molecule has 2 nitrogen and oxygen atoms in total. The zero-order valence-electron chi connectivity index (χ0n) is 8.66. The Morgan fingerprint density at radius 3 is 3.14 bits per heavy atom. The number of nitrogens with zero attached hydrogens (tertiary/aromatic N) is 1. The Balaban J connectivity index is 2.22. The van der Waals surface area contributed by atoms with Gasteiger partial charge in [0.15, 0.2) is 0 Å². The van der Waals surface area contributed by atoms with E-state index < -0.39 is 0 Å². The van der Waals surface area contributed by atoms with Crippen LogP contribution in [0.2, 0.25) is 0 Å². The van der Waals surface area contributed by atoms with Crippen LogP contribution in [0.3, 0.4) is 0 Å². The zero-order chi connectivity index (χ0) is 10.2. The molecule has 1 aromatic heterocycles. The van der Waals surface area contributed by atoms with E-state index in [1.807, 2.05) is 11.8 Å². The summed E-state index contributed by atoms with van der Waals surface area (Å²) >= 11 is 3.72. The molecular weight excluding hydrogens is 212 g/mol. The maximum atomic E-state index is 5.42. The average molecular weight is 230 g/mol. The van der Waals surface area contributed by atoms with Crippen LogP contribution in [0.4, 0.5) is 0 Å². The molecule has 1 rings (SSSR count). The van der Waals surface area contributed by atoms with Gasteiger partial charge in [-0.05, 0) is 31.6 Å². The van der Waals surface area contributed by atoms with Gasteiger partial charge in [-0.1, -0.05) is 6.92 Å². The van der Waals surface area contributed by atoms with E-state index in [1.165, 1.54) is 17.1 Å². The third kappa shape index (κ3) is 4.44. The predicted molar refractivity (Wildman–Crippen MR) is 65.9 cm³/mol. The average Bonchev–Trinajstić information content (AvgIpc) is 2.61. The van der Waals surface area contributed by atoms with Gasteiger partial charge in [0.05, 0.1) is 10.7 Å². The number of hydrogen-bond donors (Lipinski definition) is 1. The van der Waals surface area contributed by atoms with E-state index in [9.17, 15) is 0 Å². The smallest absolute Gasteiger partial charge is 0.0928 e. The molecule has 0 spiro atoms. The lowest BCUT2D eigenvalue weighted by Gasteiger charge is -1.96. The third-order valence-corrected chi connectivity index (χ3v) is 3.84. The van der Waals surface area contributed by atoms with E-state index in [0.29, 0.717) is 0 Å². The molecule has 0 fully saturated rings. The largest absolute Gasteiger partial charge is 0.330 e. The Morgan fingerprint density at radius 2 is 2.43 bits per heavy atom. The van der Waals surface area contributed by atoms with Crippen molar-refractivity contribution in [3.63, 3.8) is 0 Å². The van der Waals surface area contributed by atoms with E-state index >= 15 is 0 Å². The van der Waals surface area contributed by atoms with Crippen LogP contribution in [0.5, 0.6) is 0 Å².